The van der Waals surface area contributed by atoms with Crippen LogP contribution in [-0.2, 0) is 19.6 Å². The van der Waals surface area contributed by atoms with Crippen LogP contribution in [0.1, 0.15) is 0 Å². The molecule has 104 valence electrons. The second kappa shape index (κ2) is 5.19. The van der Waals surface area contributed by atoms with E-state index in [1.807, 2.05) is 0 Å². The maximum atomic E-state index is 13.6. The zero-order valence-corrected chi connectivity index (χ0v) is 10.6. The van der Waals surface area contributed by atoms with Gasteiger partial charge in [0.25, 0.3) is 10.0 Å². The summed E-state index contributed by atoms with van der Waals surface area (Å²) in [5.41, 5.74) is 5.13. The molecule has 1 aromatic rings. The van der Waals surface area contributed by atoms with E-state index in [4.69, 9.17) is 10.5 Å². The van der Waals surface area contributed by atoms with Crippen LogP contribution in [0.2, 0.25) is 0 Å². The summed E-state index contributed by atoms with van der Waals surface area (Å²) in [7, 11) is -4.22. The highest BCUT2D eigenvalue weighted by Crippen LogP contribution is 2.20. The Bertz CT molecular complexity index is 592. The van der Waals surface area contributed by atoms with E-state index < -0.39 is 32.8 Å². The normalized spacial score (nSPS) is 21.2. The van der Waals surface area contributed by atoms with Crippen molar-refractivity contribution in [2.75, 3.05) is 19.8 Å². The predicted molar refractivity (Wildman–Crippen MR) is 61.9 cm³/mol. The van der Waals surface area contributed by atoms with Gasteiger partial charge in [-0.15, -0.1) is 0 Å². The fraction of sp³-hybridized carbons (Fsp3) is 0.400. The van der Waals surface area contributed by atoms with Gasteiger partial charge in [0, 0.05) is 12.7 Å². The molecule has 0 radical (unpaired) electrons. The number of pyridine rings is 1. The molecule has 0 saturated carbocycles. The second-order valence-electron chi connectivity index (χ2n) is 3.90. The van der Waals surface area contributed by atoms with Crippen LogP contribution in [-0.4, -0.2) is 49.4 Å². The number of hydrogen-bond acceptors (Lipinski definition) is 5. The number of primary amides is 1. The van der Waals surface area contributed by atoms with E-state index >= 15 is 0 Å². The summed E-state index contributed by atoms with van der Waals surface area (Å²) in [6.45, 7) is -0.119. The molecule has 1 unspecified atom stereocenters. The van der Waals surface area contributed by atoms with Crippen LogP contribution in [0, 0.1) is 5.82 Å². The van der Waals surface area contributed by atoms with Crippen molar-refractivity contribution in [3.8, 4) is 0 Å². The van der Waals surface area contributed by atoms with Crippen molar-refractivity contribution in [3.05, 3.63) is 24.1 Å². The lowest BCUT2D eigenvalue weighted by Crippen LogP contribution is -2.54. The lowest BCUT2D eigenvalue weighted by atomic mass is 10.3. The molecule has 1 aliphatic heterocycles. The zero-order valence-electron chi connectivity index (χ0n) is 9.82. The first-order chi connectivity index (χ1) is 8.94. The Morgan fingerprint density at radius 3 is 2.95 bits per heavy atom. The first kappa shape index (κ1) is 13.8. The quantitative estimate of drug-likeness (QED) is 0.776. The maximum absolute atomic E-state index is 13.6. The topological polar surface area (TPSA) is 103 Å². The van der Waals surface area contributed by atoms with Crippen LogP contribution in [0.3, 0.4) is 0 Å². The number of nitrogens with two attached hydrogens (primary N) is 1. The molecule has 1 atom stereocenters. The van der Waals surface area contributed by atoms with Gasteiger partial charge in [-0.3, -0.25) is 4.79 Å². The number of aromatic nitrogens is 1. The second-order valence-corrected chi connectivity index (χ2v) is 5.71. The third-order valence-corrected chi connectivity index (χ3v) is 4.53. The number of carbonyl (C=O) groups is 1. The molecule has 19 heavy (non-hydrogen) atoms. The van der Waals surface area contributed by atoms with Crippen LogP contribution < -0.4 is 5.73 Å². The predicted octanol–water partition coefficient (Wildman–Crippen LogP) is -0.904. The summed E-state index contributed by atoms with van der Waals surface area (Å²) in [4.78, 5) is 14.8. The lowest BCUT2D eigenvalue weighted by Gasteiger charge is -2.32. The largest absolute Gasteiger partial charge is 0.378 e. The molecule has 1 amide bonds. The van der Waals surface area contributed by atoms with Gasteiger partial charge in [-0.1, -0.05) is 0 Å². The molecule has 2 rings (SSSR count). The Morgan fingerprint density at radius 1 is 1.58 bits per heavy atom. The van der Waals surface area contributed by atoms with E-state index in [1.165, 1.54) is 6.07 Å². The van der Waals surface area contributed by atoms with Gasteiger partial charge in [0.2, 0.25) is 10.9 Å². The maximum Gasteiger partial charge on any atom is 0.264 e. The fourth-order valence-electron chi connectivity index (χ4n) is 1.77. The van der Waals surface area contributed by atoms with E-state index in [0.717, 1.165) is 16.6 Å². The molecule has 7 nitrogen and oxygen atoms in total. The number of ether oxygens (including phenoxy) is 1. The van der Waals surface area contributed by atoms with Gasteiger partial charge >= 0.3 is 0 Å². The zero-order chi connectivity index (χ0) is 14.0. The molecule has 1 saturated heterocycles. The van der Waals surface area contributed by atoms with Crippen LogP contribution in [0.15, 0.2) is 23.4 Å². The number of nitrogens with zero attached hydrogens (tertiary/aromatic N) is 2. The highest BCUT2D eigenvalue weighted by atomic mass is 32.2. The molecule has 2 N–H and O–H groups in total. The number of halogens is 1. The molecule has 2 heterocycles. The Hall–Kier alpha value is -1.58. The van der Waals surface area contributed by atoms with Crippen molar-refractivity contribution in [1.29, 1.82) is 0 Å². The number of amides is 1. The molecule has 1 aromatic heterocycles. The van der Waals surface area contributed by atoms with Gasteiger partial charge < -0.3 is 10.5 Å². The summed E-state index contributed by atoms with van der Waals surface area (Å²) in [5, 5.41) is -0.719. The summed E-state index contributed by atoms with van der Waals surface area (Å²) >= 11 is 0. The van der Waals surface area contributed by atoms with Gasteiger partial charge in [-0.25, -0.2) is 17.8 Å². The van der Waals surface area contributed by atoms with Crippen LogP contribution in [0.5, 0.6) is 0 Å². The minimum absolute atomic E-state index is 0.0774. The van der Waals surface area contributed by atoms with Crippen molar-refractivity contribution in [1.82, 2.24) is 9.29 Å². The van der Waals surface area contributed by atoms with E-state index in [1.54, 1.807) is 0 Å². The highest BCUT2D eigenvalue weighted by molar-refractivity contribution is 7.89. The highest BCUT2D eigenvalue weighted by Gasteiger charge is 2.39. The van der Waals surface area contributed by atoms with Gasteiger partial charge in [0.1, 0.15) is 6.04 Å². The first-order valence-corrected chi connectivity index (χ1v) is 6.88. The molecule has 0 bridgehead atoms. The van der Waals surface area contributed by atoms with Crippen LogP contribution >= 0.6 is 0 Å². The summed E-state index contributed by atoms with van der Waals surface area (Å²) in [5.74, 6) is -1.82. The van der Waals surface area contributed by atoms with Crippen molar-refractivity contribution in [2.45, 2.75) is 11.1 Å². The van der Waals surface area contributed by atoms with Gasteiger partial charge in [0.05, 0.1) is 13.2 Å². The van der Waals surface area contributed by atoms with E-state index in [2.05, 4.69) is 4.98 Å². The van der Waals surface area contributed by atoms with E-state index in [-0.39, 0.29) is 19.8 Å². The van der Waals surface area contributed by atoms with Crippen molar-refractivity contribution in [3.63, 3.8) is 0 Å². The Labute approximate surface area is 109 Å². The average molecular weight is 289 g/mol. The minimum Gasteiger partial charge on any atom is -0.378 e. The SMILES string of the molecule is NC(=O)C1COCCN1S(=O)(=O)c1ncccc1F. The van der Waals surface area contributed by atoms with Crippen molar-refractivity contribution in [2.24, 2.45) is 5.73 Å². The monoisotopic (exact) mass is 289 g/mol. The molecular weight excluding hydrogens is 277 g/mol. The smallest absolute Gasteiger partial charge is 0.264 e. The summed E-state index contributed by atoms with van der Waals surface area (Å²) in [6, 6.07) is 1.11. The molecule has 0 aliphatic carbocycles. The van der Waals surface area contributed by atoms with Crippen molar-refractivity contribution >= 4 is 15.9 Å². The molecule has 0 spiro atoms. The number of rotatable bonds is 3. The molecule has 1 fully saturated rings. The van der Waals surface area contributed by atoms with Crippen LogP contribution in [0.25, 0.3) is 0 Å². The van der Waals surface area contributed by atoms with Gasteiger partial charge in [-0.2, -0.15) is 4.31 Å². The van der Waals surface area contributed by atoms with Crippen molar-refractivity contribution < 1.29 is 22.3 Å². The lowest BCUT2D eigenvalue weighted by molar-refractivity contribution is -0.125. The van der Waals surface area contributed by atoms with E-state index in [9.17, 15) is 17.6 Å². The summed E-state index contributed by atoms with van der Waals surface area (Å²) < 4.78 is 44.0. The van der Waals surface area contributed by atoms with Crippen LogP contribution in [0.4, 0.5) is 4.39 Å². The number of morpholine rings is 1. The van der Waals surface area contributed by atoms with Gasteiger partial charge in [0.15, 0.2) is 5.82 Å². The molecular formula is C10H12FN3O4S. The molecule has 0 aromatic carbocycles. The first-order valence-electron chi connectivity index (χ1n) is 5.44. The third-order valence-electron chi connectivity index (χ3n) is 2.69. The third kappa shape index (κ3) is 2.57. The Balaban J connectivity index is 2.43. The number of sulfonamides is 1. The fourth-order valence-corrected chi connectivity index (χ4v) is 3.32. The average Bonchev–Trinajstić information content (AvgIpc) is 2.39. The summed E-state index contributed by atoms with van der Waals surface area (Å²) in [6.07, 6.45) is 1.16. The number of hydrogen-bond donors (Lipinski definition) is 1. The number of carbonyl (C=O) groups excluding carboxylic acids is 1. The molecule has 9 heteroatoms. The Morgan fingerprint density at radius 2 is 2.32 bits per heavy atom. The standard InChI is InChI=1S/C10H12FN3O4S/c11-7-2-1-3-13-10(7)19(16,17)14-4-5-18-6-8(14)9(12)15/h1-3,8H,4-6H2,(H2,12,15). The molecule has 1 aliphatic rings. The minimum atomic E-state index is -4.22. The van der Waals surface area contributed by atoms with Gasteiger partial charge in [-0.05, 0) is 12.1 Å². The van der Waals surface area contributed by atoms with E-state index in [0.29, 0.717) is 0 Å². The Kier molecular flexibility index (Phi) is 3.78.